The van der Waals surface area contributed by atoms with Crippen LogP contribution in [0.2, 0.25) is 0 Å². The predicted octanol–water partition coefficient (Wildman–Crippen LogP) is -0.376. The number of carbonyl (C=O) groups is 1. The van der Waals surface area contributed by atoms with Crippen molar-refractivity contribution in [3.63, 3.8) is 0 Å². The molecule has 18 heavy (non-hydrogen) atoms. The molecule has 0 aliphatic rings. The molecule has 1 heterocycles. The lowest BCUT2D eigenvalue weighted by molar-refractivity contribution is -0.137. The lowest BCUT2D eigenvalue weighted by Crippen LogP contribution is -2.27. The molecule has 1 aromatic heterocycles. The van der Waals surface area contributed by atoms with E-state index in [9.17, 15) is 9.36 Å². The van der Waals surface area contributed by atoms with Gasteiger partial charge in [0.1, 0.15) is 0 Å². The highest BCUT2D eigenvalue weighted by molar-refractivity contribution is 7.46. The number of nitrogens with zero attached hydrogens (tertiary/aromatic N) is 1. The molecule has 102 valence electrons. The molecular weight excluding hydrogens is 265 g/mol. The third-order valence-electron chi connectivity index (χ3n) is 2.01. The second-order valence-corrected chi connectivity index (χ2v) is 4.66. The van der Waals surface area contributed by atoms with Crippen LogP contribution in [-0.2, 0) is 13.9 Å². The van der Waals surface area contributed by atoms with Crippen LogP contribution in [0.25, 0.3) is 0 Å². The number of hydrogen-bond donors (Lipinski definition) is 5. The molecule has 0 bridgehead atoms. The Morgan fingerprint density at radius 1 is 1.61 bits per heavy atom. The molecule has 0 radical (unpaired) electrons. The molecule has 1 aromatic rings. The van der Waals surface area contributed by atoms with E-state index in [2.05, 4.69) is 19.8 Å². The van der Waals surface area contributed by atoms with Gasteiger partial charge in [-0.3, -0.25) is 9.32 Å². The largest absolute Gasteiger partial charge is 0.481 e. The van der Waals surface area contributed by atoms with Gasteiger partial charge in [0.05, 0.1) is 31.1 Å². The van der Waals surface area contributed by atoms with E-state index in [4.69, 9.17) is 14.9 Å². The van der Waals surface area contributed by atoms with Gasteiger partial charge in [0.2, 0.25) is 0 Å². The first-order chi connectivity index (χ1) is 8.38. The molecule has 10 heteroatoms. The second kappa shape index (κ2) is 6.62. The van der Waals surface area contributed by atoms with Gasteiger partial charge in [0.15, 0.2) is 0 Å². The maximum Gasteiger partial charge on any atom is 0.469 e. The SMILES string of the molecule is O=C(O)CC(NCCOP(=O)(O)O)c1c[nH]cn1. The summed E-state index contributed by atoms with van der Waals surface area (Å²) in [6.07, 6.45) is 2.77. The smallest absolute Gasteiger partial charge is 0.469 e. The molecule has 1 rings (SSSR count). The number of aromatic nitrogens is 2. The minimum atomic E-state index is -4.49. The zero-order chi connectivity index (χ0) is 13.6. The standard InChI is InChI=1S/C8H14N3O6P/c12-8(13)3-6(7-4-9-5-11-7)10-1-2-17-18(14,15)16/h4-6,10H,1-3H2,(H,9,11)(H,12,13)(H2,14,15,16). The molecule has 0 saturated heterocycles. The Morgan fingerprint density at radius 3 is 2.83 bits per heavy atom. The number of imidazole rings is 1. The van der Waals surface area contributed by atoms with Crippen molar-refractivity contribution in [2.24, 2.45) is 0 Å². The molecule has 0 saturated carbocycles. The lowest BCUT2D eigenvalue weighted by atomic mass is 10.1. The first-order valence-electron chi connectivity index (χ1n) is 5.02. The summed E-state index contributed by atoms with van der Waals surface area (Å²) in [6, 6.07) is -0.547. The van der Waals surface area contributed by atoms with Gasteiger partial charge >= 0.3 is 13.8 Å². The molecule has 0 fully saturated rings. The van der Waals surface area contributed by atoms with Crippen LogP contribution in [-0.4, -0.2) is 44.0 Å². The molecular formula is C8H14N3O6P. The third-order valence-corrected chi connectivity index (χ3v) is 2.53. The van der Waals surface area contributed by atoms with Gasteiger partial charge in [-0.05, 0) is 0 Å². The Morgan fingerprint density at radius 2 is 2.33 bits per heavy atom. The summed E-state index contributed by atoms with van der Waals surface area (Å²) in [6.45, 7) is -0.138. The first kappa shape index (κ1) is 14.8. The van der Waals surface area contributed by atoms with E-state index in [0.717, 1.165) is 0 Å². The number of carboxylic acids is 1. The number of H-pyrrole nitrogens is 1. The van der Waals surface area contributed by atoms with Crippen LogP contribution in [0.3, 0.4) is 0 Å². The zero-order valence-electron chi connectivity index (χ0n) is 9.31. The minimum Gasteiger partial charge on any atom is -0.481 e. The molecule has 0 amide bonds. The monoisotopic (exact) mass is 279 g/mol. The van der Waals surface area contributed by atoms with E-state index in [-0.39, 0.29) is 19.6 Å². The van der Waals surface area contributed by atoms with Crippen LogP contribution in [0, 0.1) is 0 Å². The van der Waals surface area contributed by atoms with Crippen LogP contribution in [0.15, 0.2) is 12.5 Å². The van der Waals surface area contributed by atoms with Crippen molar-refractivity contribution in [1.82, 2.24) is 15.3 Å². The number of aromatic amines is 1. The van der Waals surface area contributed by atoms with E-state index < -0.39 is 19.8 Å². The fourth-order valence-electron chi connectivity index (χ4n) is 1.32. The molecule has 0 spiro atoms. The Hall–Kier alpha value is -1.25. The number of nitrogens with one attached hydrogen (secondary N) is 2. The predicted molar refractivity (Wildman–Crippen MR) is 59.6 cm³/mol. The van der Waals surface area contributed by atoms with Gasteiger partial charge < -0.3 is 25.2 Å². The molecule has 0 aliphatic heterocycles. The van der Waals surface area contributed by atoms with Gasteiger partial charge in [0.25, 0.3) is 0 Å². The van der Waals surface area contributed by atoms with E-state index in [1.807, 2.05) is 0 Å². The van der Waals surface area contributed by atoms with E-state index in [1.165, 1.54) is 6.33 Å². The summed E-state index contributed by atoms with van der Waals surface area (Å²) in [5.41, 5.74) is 0.508. The first-order valence-corrected chi connectivity index (χ1v) is 6.55. The fraction of sp³-hybridized carbons (Fsp3) is 0.500. The van der Waals surface area contributed by atoms with Crippen molar-refractivity contribution >= 4 is 13.8 Å². The average molecular weight is 279 g/mol. The lowest BCUT2D eigenvalue weighted by Gasteiger charge is -2.14. The van der Waals surface area contributed by atoms with Crippen LogP contribution in [0.5, 0.6) is 0 Å². The number of phosphoric acid groups is 1. The van der Waals surface area contributed by atoms with Gasteiger partial charge in [-0.2, -0.15) is 0 Å². The van der Waals surface area contributed by atoms with E-state index >= 15 is 0 Å². The van der Waals surface area contributed by atoms with Crippen molar-refractivity contribution < 1.29 is 28.8 Å². The highest BCUT2D eigenvalue weighted by atomic mass is 31.2. The van der Waals surface area contributed by atoms with Crippen molar-refractivity contribution in [3.05, 3.63) is 18.2 Å². The number of carboxylic acid groups (broad SMARTS) is 1. The molecule has 1 atom stereocenters. The summed E-state index contributed by atoms with van der Waals surface area (Å²) < 4.78 is 14.6. The van der Waals surface area contributed by atoms with Gasteiger partial charge in [0, 0.05) is 12.7 Å². The van der Waals surface area contributed by atoms with Crippen molar-refractivity contribution in [1.29, 1.82) is 0 Å². The third kappa shape index (κ3) is 5.89. The molecule has 0 aromatic carbocycles. The van der Waals surface area contributed by atoms with E-state index in [0.29, 0.717) is 5.69 Å². The zero-order valence-corrected chi connectivity index (χ0v) is 10.2. The summed E-state index contributed by atoms with van der Waals surface area (Å²) in [4.78, 5) is 34.2. The minimum absolute atomic E-state index is 0.0932. The Labute approximate surface area is 102 Å². The average Bonchev–Trinajstić information content (AvgIpc) is 2.73. The summed E-state index contributed by atoms with van der Waals surface area (Å²) in [5.74, 6) is -1.01. The highest BCUT2D eigenvalue weighted by Gasteiger charge is 2.18. The normalized spacial score (nSPS) is 13.4. The Kier molecular flexibility index (Phi) is 5.45. The topological polar surface area (TPSA) is 145 Å². The van der Waals surface area contributed by atoms with Crippen LogP contribution in [0.4, 0.5) is 0 Å². The second-order valence-electron chi connectivity index (χ2n) is 3.42. The number of phosphoric ester groups is 1. The van der Waals surface area contributed by atoms with Crippen molar-refractivity contribution in [2.45, 2.75) is 12.5 Å². The van der Waals surface area contributed by atoms with E-state index in [1.54, 1.807) is 6.20 Å². The van der Waals surface area contributed by atoms with Crippen molar-refractivity contribution in [2.75, 3.05) is 13.2 Å². The van der Waals surface area contributed by atoms with Gasteiger partial charge in [-0.15, -0.1) is 0 Å². The quantitative estimate of drug-likeness (QED) is 0.320. The fourth-order valence-corrected chi connectivity index (χ4v) is 1.65. The molecule has 9 nitrogen and oxygen atoms in total. The maximum absolute atomic E-state index is 10.7. The van der Waals surface area contributed by atoms with Gasteiger partial charge in [-0.1, -0.05) is 0 Å². The number of aliphatic carboxylic acids is 1. The maximum atomic E-state index is 10.7. The number of rotatable bonds is 8. The van der Waals surface area contributed by atoms with Crippen LogP contribution < -0.4 is 5.32 Å². The molecule has 1 unspecified atom stereocenters. The van der Waals surface area contributed by atoms with Gasteiger partial charge in [-0.25, -0.2) is 9.55 Å². The van der Waals surface area contributed by atoms with Crippen LogP contribution in [0.1, 0.15) is 18.2 Å². The molecule has 5 N–H and O–H groups in total. The summed E-state index contributed by atoms with van der Waals surface area (Å²) in [7, 11) is -4.49. The Bertz CT molecular complexity index is 416. The Balaban J connectivity index is 2.43. The number of hydrogen-bond acceptors (Lipinski definition) is 5. The van der Waals surface area contributed by atoms with Crippen LogP contribution >= 0.6 is 7.82 Å². The van der Waals surface area contributed by atoms with Crippen molar-refractivity contribution in [3.8, 4) is 0 Å². The highest BCUT2D eigenvalue weighted by Crippen LogP contribution is 2.35. The summed E-state index contributed by atoms with van der Waals surface area (Å²) in [5, 5.41) is 11.5. The molecule has 0 aliphatic carbocycles. The summed E-state index contributed by atoms with van der Waals surface area (Å²) >= 11 is 0.